The summed E-state index contributed by atoms with van der Waals surface area (Å²) in [6.45, 7) is 8.11. The number of aryl methyl sites for hydroxylation is 2. The maximum atomic E-state index is 13.3. The third-order valence-corrected chi connectivity index (χ3v) is 6.44. The van der Waals surface area contributed by atoms with E-state index in [-0.39, 0.29) is 17.5 Å². The molecule has 0 fully saturated rings. The SMILES string of the molecule is Cc1nn(CCCO)c(C)c1S(=O)(=O)N(Cc1ccccc1)C(C)C. The summed E-state index contributed by atoms with van der Waals surface area (Å²) in [7, 11) is -3.68. The second kappa shape index (κ2) is 8.12. The van der Waals surface area contributed by atoms with Crippen LogP contribution in [0.25, 0.3) is 0 Å². The first-order valence-corrected chi connectivity index (χ1v) is 9.93. The number of aromatic nitrogens is 2. The van der Waals surface area contributed by atoms with E-state index in [1.165, 1.54) is 4.31 Å². The second-order valence-electron chi connectivity index (χ2n) is 6.43. The van der Waals surface area contributed by atoms with E-state index in [9.17, 15) is 8.42 Å². The highest BCUT2D eigenvalue weighted by Crippen LogP contribution is 2.26. The maximum Gasteiger partial charge on any atom is 0.247 e. The van der Waals surface area contributed by atoms with Crippen LogP contribution in [-0.4, -0.2) is 40.3 Å². The van der Waals surface area contributed by atoms with Crippen molar-refractivity contribution in [1.82, 2.24) is 14.1 Å². The molecular formula is C18H27N3O3S. The Kier molecular flexibility index (Phi) is 6.37. The maximum absolute atomic E-state index is 13.3. The van der Waals surface area contributed by atoms with Crippen molar-refractivity contribution in [3.05, 3.63) is 47.3 Å². The van der Waals surface area contributed by atoms with Crippen molar-refractivity contribution in [2.75, 3.05) is 6.61 Å². The summed E-state index contributed by atoms with van der Waals surface area (Å²) in [5.74, 6) is 0. The van der Waals surface area contributed by atoms with Gasteiger partial charge in [0.05, 0.1) is 11.4 Å². The molecule has 138 valence electrons. The Hall–Kier alpha value is -1.70. The Balaban J connectivity index is 2.42. The molecule has 0 aliphatic heterocycles. The van der Waals surface area contributed by atoms with Gasteiger partial charge in [-0.05, 0) is 39.7 Å². The molecule has 25 heavy (non-hydrogen) atoms. The van der Waals surface area contributed by atoms with Gasteiger partial charge in [-0.3, -0.25) is 4.68 Å². The van der Waals surface area contributed by atoms with Gasteiger partial charge in [-0.15, -0.1) is 0 Å². The molecule has 0 spiro atoms. The van der Waals surface area contributed by atoms with Crippen LogP contribution in [0.3, 0.4) is 0 Å². The van der Waals surface area contributed by atoms with Gasteiger partial charge in [0, 0.05) is 25.7 Å². The molecule has 1 heterocycles. The third-order valence-electron chi connectivity index (χ3n) is 4.17. The summed E-state index contributed by atoms with van der Waals surface area (Å²) in [6.07, 6.45) is 0.541. The fourth-order valence-electron chi connectivity index (χ4n) is 2.92. The van der Waals surface area contributed by atoms with Crippen LogP contribution in [0.5, 0.6) is 0 Å². The van der Waals surface area contributed by atoms with Crippen molar-refractivity contribution in [2.24, 2.45) is 0 Å². The Bertz CT molecular complexity index is 798. The lowest BCUT2D eigenvalue weighted by molar-refractivity contribution is 0.276. The van der Waals surface area contributed by atoms with Crippen molar-refractivity contribution in [3.8, 4) is 0 Å². The van der Waals surface area contributed by atoms with E-state index < -0.39 is 10.0 Å². The van der Waals surface area contributed by atoms with Gasteiger partial charge in [0.15, 0.2) is 0 Å². The lowest BCUT2D eigenvalue weighted by Crippen LogP contribution is -2.37. The number of hydrogen-bond acceptors (Lipinski definition) is 4. The molecular weight excluding hydrogens is 338 g/mol. The highest BCUT2D eigenvalue weighted by atomic mass is 32.2. The van der Waals surface area contributed by atoms with Gasteiger partial charge >= 0.3 is 0 Å². The van der Waals surface area contributed by atoms with E-state index in [2.05, 4.69) is 5.10 Å². The number of rotatable bonds is 8. The fraction of sp³-hybridized carbons (Fsp3) is 0.500. The van der Waals surface area contributed by atoms with Crippen LogP contribution in [0.2, 0.25) is 0 Å². The molecule has 2 rings (SSSR count). The highest BCUT2D eigenvalue weighted by Gasteiger charge is 2.32. The predicted octanol–water partition coefficient (Wildman–Crippen LogP) is 2.48. The van der Waals surface area contributed by atoms with Gasteiger partial charge in [-0.25, -0.2) is 8.42 Å². The first-order valence-electron chi connectivity index (χ1n) is 8.49. The number of aliphatic hydroxyl groups is 1. The average Bonchev–Trinajstić information content (AvgIpc) is 2.85. The molecule has 7 heteroatoms. The number of hydrogen-bond donors (Lipinski definition) is 1. The van der Waals surface area contributed by atoms with Crippen LogP contribution in [0, 0.1) is 13.8 Å². The molecule has 0 saturated heterocycles. The van der Waals surface area contributed by atoms with Gasteiger partial charge in [0.1, 0.15) is 4.90 Å². The Morgan fingerprint density at radius 3 is 2.40 bits per heavy atom. The van der Waals surface area contributed by atoms with Crippen LogP contribution < -0.4 is 0 Å². The van der Waals surface area contributed by atoms with Crippen molar-refractivity contribution >= 4 is 10.0 Å². The summed E-state index contributed by atoms with van der Waals surface area (Å²) in [4.78, 5) is 0.273. The minimum atomic E-state index is -3.68. The van der Waals surface area contributed by atoms with E-state index in [1.807, 2.05) is 44.2 Å². The molecule has 1 aromatic carbocycles. The van der Waals surface area contributed by atoms with Crippen LogP contribution in [0.4, 0.5) is 0 Å². The first kappa shape index (κ1) is 19.6. The second-order valence-corrected chi connectivity index (χ2v) is 8.26. The number of nitrogens with zero attached hydrogens (tertiary/aromatic N) is 3. The summed E-state index contributed by atoms with van der Waals surface area (Å²) < 4.78 is 29.8. The highest BCUT2D eigenvalue weighted by molar-refractivity contribution is 7.89. The molecule has 0 amide bonds. The zero-order valence-electron chi connectivity index (χ0n) is 15.3. The first-order chi connectivity index (χ1) is 11.8. The van der Waals surface area contributed by atoms with E-state index in [0.29, 0.717) is 30.9 Å². The minimum absolute atomic E-state index is 0.0482. The molecule has 0 atom stereocenters. The van der Waals surface area contributed by atoms with Crippen molar-refractivity contribution in [3.63, 3.8) is 0 Å². The van der Waals surface area contributed by atoms with Crippen LogP contribution in [0.1, 0.15) is 37.2 Å². The van der Waals surface area contributed by atoms with E-state index >= 15 is 0 Å². The average molecular weight is 365 g/mol. The molecule has 2 aromatic rings. The van der Waals surface area contributed by atoms with E-state index in [0.717, 1.165) is 5.56 Å². The number of sulfonamides is 1. The van der Waals surface area contributed by atoms with E-state index in [4.69, 9.17) is 5.11 Å². The lowest BCUT2D eigenvalue weighted by atomic mass is 10.2. The standard InChI is InChI=1S/C18H27N3O3S/c1-14(2)21(13-17-9-6-5-7-10-17)25(23,24)18-15(3)19-20(16(18)4)11-8-12-22/h5-7,9-10,14,22H,8,11-13H2,1-4H3. The molecule has 1 aromatic heterocycles. The summed E-state index contributed by atoms with van der Waals surface area (Å²) in [5, 5.41) is 13.4. The summed E-state index contributed by atoms with van der Waals surface area (Å²) in [5.41, 5.74) is 2.06. The van der Waals surface area contributed by atoms with Gasteiger partial charge in [0.2, 0.25) is 10.0 Å². The van der Waals surface area contributed by atoms with Crippen LogP contribution in [-0.2, 0) is 23.1 Å². The van der Waals surface area contributed by atoms with Crippen molar-refractivity contribution in [2.45, 2.75) is 58.1 Å². The van der Waals surface area contributed by atoms with Crippen LogP contribution >= 0.6 is 0 Å². The number of aliphatic hydroxyl groups excluding tert-OH is 1. The van der Waals surface area contributed by atoms with Gasteiger partial charge in [-0.1, -0.05) is 30.3 Å². The molecule has 0 saturated carbocycles. The summed E-state index contributed by atoms with van der Waals surface area (Å²) in [6, 6.07) is 9.40. The fourth-order valence-corrected chi connectivity index (χ4v) is 4.92. The Morgan fingerprint density at radius 2 is 1.84 bits per heavy atom. The molecule has 1 N–H and O–H groups in total. The zero-order valence-corrected chi connectivity index (χ0v) is 16.1. The lowest BCUT2D eigenvalue weighted by Gasteiger charge is -2.26. The predicted molar refractivity (Wildman–Crippen MR) is 97.7 cm³/mol. The van der Waals surface area contributed by atoms with Gasteiger partial charge in [-0.2, -0.15) is 9.40 Å². The molecule has 0 aliphatic rings. The van der Waals surface area contributed by atoms with E-state index in [1.54, 1.807) is 18.5 Å². The zero-order chi connectivity index (χ0) is 18.6. The Labute approximate surface area is 150 Å². The molecule has 0 unspecified atom stereocenters. The van der Waals surface area contributed by atoms with Gasteiger partial charge < -0.3 is 5.11 Å². The van der Waals surface area contributed by atoms with Crippen LogP contribution in [0.15, 0.2) is 35.2 Å². The topological polar surface area (TPSA) is 75.4 Å². The largest absolute Gasteiger partial charge is 0.396 e. The normalized spacial score (nSPS) is 12.3. The molecule has 0 radical (unpaired) electrons. The molecule has 6 nitrogen and oxygen atoms in total. The third kappa shape index (κ3) is 4.29. The minimum Gasteiger partial charge on any atom is -0.396 e. The molecule has 0 bridgehead atoms. The van der Waals surface area contributed by atoms with Gasteiger partial charge in [0.25, 0.3) is 0 Å². The monoisotopic (exact) mass is 365 g/mol. The van der Waals surface area contributed by atoms with Crippen molar-refractivity contribution in [1.29, 1.82) is 0 Å². The van der Waals surface area contributed by atoms with Crippen molar-refractivity contribution < 1.29 is 13.5 Å². The quantitative estimate of drug-likeness (QED) is 0.780. The Morgan fingerprint density at radius 1 is 1.20 bits per heavy atom. The smallest absolute Gasteiger partial charge is 0.247 e. The summed E-state index contributed by atoms with van der Waals surface area (Å²) >= 11 is 0. The number of benzene rings is 1. The molecule has 0 aliphatic carbocycles.